The molecule has 0 aliphatic carbocycles. The van der Waals surface area contributed by atoms with E-state index in [2.05, 4.69) is 4.90 Å². The van der Waals surface area contributed by atoms with Gasteiger partial charge in [0.05, 0.1) is 7.11 Å². The van der Waals surface area contributed by atoms with Crippen LogP contribution in [0.2, 0.25) is 0 Å². The minimum absolute atomic E-state index is 0.103. The molecule has 0 radical (unpaired) electrons. The van der Waals surface area contributed by atoms with E-state index in [1.165, 1.54) is 0 Å². The Kier molecular flexibility index (Phi) is 5.49. The van der Waals surface area contributed by atoms with Crippen molar-refractivity contribution >= 4 is 11.6 Å². The molecule has 1 aromatic heterocycles. The number of anilines is 1. The van der Waals surface area contributed by atoms with Gasteiger partial charge in [0.25, 0.3) is 5.91 Å². The van der Waals surface area contributed by atoms with Crippen molar-refractivity contribution in [3.63, 3.8) is 0 Å². The van der Waals surface area contributed by atoms with Gasteiger partial charge in [0, 0.05) is 37.9 Å². The Hall–Kier alpha value is -3.81. The number of fused-ring (bicyclic) bond motifs is 1. The van der Waals surface area contributed by atoms with E-state index in [1.807, 2.05) is 35.2 Å². The van der Waals surface area contributed by atoms with Crippen LogP contribution in [0.1, 0.15) is 16.3 Å². The minimum atomic E-state index is -0.103. The lowest BCUT2D eigenvalue weighted by atomic mass is 10.2. The second-order valence-electron chi connectivity index (χ2n) is 7.55. The zero-order valence-electron chi connectivity index (χ0n) is 17.8. The number of carbonyl (C=O) groups is 1. The van der Waals surface area contributed by atoms with E-state index in [9.17, 15) is 4.79 Å². The van der Waals surface area contributed by atoms with E-state index in [-0.39, 0.29) is 19.3 Å². The molecule has 8 heteroatoms. The van der Waals surface area contributed by atoms with Gasteiger partial charge in [-0.05, 0) is 48.5 Å². The Bertz CT molecular complexity index is 1090. The number of hydrogen-bond donors (Lipinski definition) is 0. The van der Waals surface area contributed by atoms with E-state index < -0.39 is 0 Å². The molecule has 0 saturated carbocycles. The molecule has 1 fully saturated rings. The number of piperazine rings is 1. The highest BCUT2D eigenvalue weighted by atomic mass is 16.7. The van der Waals surface area contributed by atoms with Gasteiger partial charge in [-0.3, -0.25) is 4.79 Å². The average molecular weight is 436 g/mol. The summed E-state index contributed by atoms with van der Waals surface area (Å²) >= 11 is 0. The smallest absolute Gasteiger partial charge is 0.289 e. The first-order valence-corrected chi connectivity index (χ1v) is 10.5. The maximum Gasteiger partial charge on any atom is 0.289 e. The molecule has 32 heavy (non-hydrogen) atoms. The van der Waals surface area contributed by atoms with Crippen LogP contribution in [0.4, 0.5) is 5.69 Å². The van der Waals surface area contributed by atoms with Crippen molar-refractivity contribution in [3.05, 3.63) is 66.1 Å². The van der Waals surface area contributed by atoms with Crippen LogP contribution in [0, 0.1) is 0 Å². The lowest BCUT2D eigenvalue weighted by molar-refractivity contribution is 0.0710. The normalized spacial score (nSPS) is 15.0. The Labute approximate surface area is 185 Å². The quantitative estimate of drug-likeness (QED) is 0.585. The first-order chi connectivity index (χ1) is 15.7. The number of methoxy groups -OCH3 is 1. The molecule has 3 aromatic rings. The van der Waals surface area contributed by atoms with Gasteiger partial charge < -0.3 is 33.2 Å². The number of nitrogens with zero attached hydrogens (tertiary/aromatic N) is 2. The summed E-state index contributed by atoms with van der Waals surface area (Å²) in [5.74, 6) is 3.65. The molecule has 2 aromatic carbocycles. The summed E-state index contributed by atoms with van der Waals surface area (Å²) in [6.45, 7) is 3.23. The van der Waals surface area contributed by atoms with Crippen LogP contribution in [-0.2, 0) is 6.61 Å². The highest BCUT2D eigenvalue weighted by molar-refractivity contribution is 5.91. The molecular weight excluding hydrogens is 412 g/mol. The van der Waals surface area contributed by atoms with Crippen LogP contribution in [0.15, 0.2) is 59.0 Å². The second-order valence-corrected chi connectivity index (χ2v) is 7.55. The van der Waals surface area contributed by atoms with Crippen molar-refractivity contribution < 1.29 is 28.2 Å². The molecule has 166 valence electrons. The number of carbonyl (C=O) groups excluding carboxylic acids is 1. The number of hydrogen-bond acceptors (Lipinski definition) is 7. The van der Waals surface area contributed by atoms with E-state index in [1.54, 1.807) is 31.4 Å². The highest BCUT2D eigenvalue weighted by Gasteiger charge is 2.24. The summed E-state index contributed by atoms with van der Waals surface area (Å²) in [6.07, 6.45) is 0. The fourth-order valence-corrected chi connectivity index (χ4v) is 3.81. The van der Waals surface area contributed by atoms with E-state index >= 15 is 0 Å². The third kappa shape index (κ3) is 4.16. The first-order valence-electron chi connectivity index (χ1n) is 10.5. The van der Waals surface area contributed by atoms with Crippen LogP contribution in [0.25, 0.3) is 0 Å². The van der Waals surface area contributed by atoms with E-state index in [0.29, 0.717) is 41.9 Å². The molecule has 0 N–H and O–H groups in total. The van der Waals surface area contributed by atoms with Crippen LogP contribution in [0.5, 0.6) is 23.0 Å². The van der Waals surface area contributed by atoms with E-state index in [0.717, 1.165) is 24.5 Å². The van der Waals surface area contributed by atoms with Gasteiger partial charge in [-0.1, -0.05) is 0 Å². The number of furan rings is 1. The van der Waals surface area contributed by atoms with Crippen molar-refractivity contribution in [1.82, 2.24) is 4.90 Å². The number of amides is 1. The first kappa shape index (κ1) is 20.1. The molecule has 0 spiro atoms. The molecule has 5 rings (SSSR count). The van der Waals surface area contributed by atoms with Gasteiger partial charge in [0.2, 0.25) is 6.79 Å². The largest absolute Gasteiger partial charge is 0.497 e. The van der Waals surface area contributed by atoms with Crippen LogP contribution < -0.4 is 23.8 Å². The molecule has 2 aliphatic heterocycles. The zero-order chi connectivity index (χ0) is 21.9. The summed E-state index contributed by atoms with van der Waals surface area (Å²) in [6, 6.07) is 16.8. The highest BCUT2D eigenvalue weighted by Crippen LogP contribution is 2.35. The topological polar surface area (TPSA) is 73.6 Å². The Morgan fingerprint density at radius 3 is 2.44 bits per heavy atom. The Morgan fingerprint density at radius 2 is 1.66 bits per heavy atom. The summed E-state index contributed by atoms with van der Waals surface area (Å²) in [5.41, 5.74) is 1.12. The lowest BCUT2D eigenvalue weighted by Gasteiger charge is -2.35. The predicted octanol–water partition coefficient (Wildman–Crippen LogP) is 3.56. The molecule has 3 heterocycles. The Morgan fingerprint density at radius 1 is 0.906 bits per heavy atom. The van der Waals surface area contributed by atoms with Gasteiger partial charge in [-0.2, -0.15) is 0 Å². The molecule has 1 amide bonds. The standard InChI is InChI=1S/C24H24N2O6/c1-28-18-4-2-17(3-5-18)25-10-12-26(13-11-25)24(27)22-9-7-20(32-22)15-29-19-6-8-21-23(14-19)31-16-30-21/h2-9,14H,10-13,15-16H2,1H3. The van der Waals surface area contributed by atoms with Gasteiger partial charge in [0.15, 0.2) is 17.3 Å². The number of benzene rings is 2. The summed E-state index contributed by atoms with van der Waals surface area (Å²) < 4.78 is 27.4. The van der Waals surface area contributed by atoms with Crippen molar-refractivity contribution in [3.8, 4) is 23.0 Å². The molecule has 0 atom stereocenters. The molecular formula is C24H24N2O6. The molecule has 0 bridgehead atoms. The lowest BCUT2D eigenvalue weighted by Crippen LogP contribution is -2.48. The zero-order valence-corrected chi connectivity index (χ0v) is 17.8. The fraction of sp³-hybridized carbons (Fsp3) is 0.292. The number of ether oxygens (including phenoxy) is 4. The van der Waals surface area contributed by atoms with Gasteiger partial charge in [-0.15, -0.1) is 0 Å². The maximum atomic E-state index is 12.9. The van der Waals surface area contributed by atoms with Crippen LogP contribution in [0.3, 0.4) is 0 Å². The third-order valence-corrected chi connectivity index (χ3v) is 5.60. The Balaban J connectivity index is 1.14. The molecule has 1 saturated heterocycles. The maximum absolute atomic E-state index is 12.9. The van der Waals surface area contributed by atoms with Crippen LogP contribution in [-0.4, -0.2) is 50.9 Å². The summed E-state index contributed by atoms with van der Waals surface area (Å²) in [4.78, 5) is 16.9. The predicted molar refractivity (Wildman–Crippen MR) is 117 cm³/mol. The van der Waals surface area contributed by atoms with Crippen molar-refractivity contribution in [2.45, 2.75) is 6.61 Å². The van der Waals surface area contributed by atoms with Crippen molar-refractivity contribution in [1.29, 1.82) is 0 Å². The van der Waals surface area contributed by atoms with Gasteiger partial charge in [-0.25, -0.2) is 0 Å². The SMILES string of the molecule is COc1ccc(N2CCN(C(=O)c3ccc(COc4ccc5c(c4)OCO5)o3)CC2)cc1. The van der Waals surface area contributed by atoms with Crippen LogP contribution >= 0.6 is 0 Å². The third-order valence-electron chi connectivity index (χ3n) is 5.60. The van der Waals surface area contributed by atoms with Gasteiger partial charge in [0.1, 0.15) is 23.9 Å². The number of rotatable bonds is 6. The molecule has 0 unspecified atom stereocenters. The molecule has 2 aliphatic rings. The monoisotopic (exact) mass is 436 g/mol. The summed E-state index contributed by atoms with van der Waals surface area (Å²) in [7, 11) is 1.66. The van der Waals surface area contributed by atoms with Crippen molar-refractivity contribution in [2.24, 2.45) is 0 Å². The minimum Gasteiger partial charge on any atom is -0.497 e. The summed E-state index contributed by atoms with van der Waals surface area (Å²) in [5, 5.41) is 0. The van der Waals surface area contributed by atoms with Crippen molar-refractivity contribution in [2.75, 3.05) is 45.0 Å². The molecule has 8 nitrogen and oxygen atoms in total. The second kappa shape index (κ2) is 8.74. The fourth-order valence-electron chi connectivity index (χ4n) is 3.81. The van der Waals surface area contributed by atoms with E-state index in [4.69, 9.17) is 23.4 Å². The van der Waals surface area contributed by atoms with Gasteiger partial charge >= 0.3 is 0 Å². The average Bonchev–Trinajstić information content (AvgIpc) is 3.52.